The molecule has 0 rings (SSSR count). The number of carbonyl (C=O) groups excluding carboxylic acids is 2. The minimum absolute atomic E-state index is 0.0447. The third-order valence-electron chi connectivity index (χ3n) is 3.11. The second kappa shape index (κ2) is 15.6. The SMILES string of the molecule is CN(CC(=O)NCCCOCCOCCOCCCN)C(=O)OC(C)(C)C. The average molecular weight is 392 g/mol. The van der Waals surface area contributed by atoms with E-state index in [-0.39, 0.29) is 12.5 Å². The van der Waals surface area contributed by atoms with E-state index < -0.39 is 11.7 Å². The van der Waals surface area contributed by atoms with E-state index in [2.05, 4.69) is 5.32 Å². The van der Waals surface area contributed by atoms with Crippen LogP contribution in [-0.4, -0.2) is 88.8 Å². The minimum atomic E-state index is -0.583. The first-order chi connectivity index (χ1) is 12.8. The van der Waals surface area contributed by atoms with Crippen LogP contribution >= 0.6 is 0 Å². The maximum Gasteiger partial charge on any atom is 0.410 e. The first-order valence-electron chi connectivity index (χ1n) is 9.40. The molecule has 0 aromatic carbocycles. The Morgan fingerprint density at radius 3 is 1.96 bits per heavy atom. The van der Waals surface area contributed by atoms with E-state index in [4.69, 9.17) is 24.7 Å². The molecule has 0 aliphatic heterocycles. The normalized spacial score (nSPS) is 11.3. The molecule has 27 heavy (non-hydrogen) atoms. The minimum Gasteiger partial charge on any atom is -0.444 e. The van der Waals surface area contributed by atoms with E-state index in [0.717, 1.165) is 6.42 Å². The van der Waals surface area contributed by atoms with Gasteiger partial charge in [0.2, 0.25) is 5.91 Å². The molecule has 9 nitrogen and oxygen atoms in total. The van der Waals surface area contributed by atoms with E-state index in [1.54, 1.807) is 20.8 Å². The lowest BCUT2D eigenvalue weighted by atomic mass is 10.2. The van der Waals surface area contributed by atoms with Crippen LogP contribution in [0.15, 0.2) is 0 Å². The van der Waals surface area contributed by atoms with Gasteiger partial charge in [-0.1, -0.05) is 0 Å². The smallest absolute Gasteiger partial charge is 0.410 e. The van der Waals surface area contributed by atoms with Crippen molar-refractivity contribution in [1.82, 2.24) is 10.2 Å². The lowest BCUT2D eigenvalue weighted by Gasteiger charge is -2.24. The van der Waals surface area contributed by atoms with Gasteiger partial charge in [0, 0.05) is 26.8 Å². The van der Waals surface area contributed by atoms with Crippen LogP contribution in [0.2, 0.25) is 0 Å². The predicted octanol–water partition coefficient (Wildman–Crippen LogP) is 0.758. The lowest BCUT2D eigenvalue weighted by molar-refractivity contribution is -0.122. The molecule has 0 atom stereocenters. The monoisotopic (exact) mass is 391 g/mol. The summed E-state index contributed by atoms with van der Waals surface area (Å²) >= 11 is 0. The van der Waals surface area contributed by atoms with Gasteiger partial charge in [-0.15, -0.1) is 0 Å². The highest BCUT2D eigenvalue weighted by molar-refractivity contribution is 5.82. The molecule has 0 saturated carbocycles. The zero-order chi connectivity index (χ0) is 20.5. The van der Waals surface area contributed by atoms with Crippen LogP contribution in [-0.2, 0) is 23.7 Å². The van der Waals surface area contributed by atoms with Crippen molar-refractivity contribution in [3.8, 4) is 0 Å². The number of hydrogen-bond acceptors (Lipinski definition) is 7. The Bertz CT molecular complexity index is 401. The largest absolute Gasteiger partial charge is 0.444 e. The Kier molecular flexibility index (Phi) is 14.8. The van der Waals surface area contributed by atoms with Gasteiger partial charge < -0.3 is 34.9 Å². The maximum absolute atomic E-state index is 11.8. The summed E-state index contributed by atoms with van der Waals surface area (Å²) in [5.41, 5.74) is 4.77. The summed E-state index contributed by atoms with van der Waals surface area (Å²) in [6.07, 6.45) is 1.02. The molecule has 0 heterocycles. The van der Waals surface area contributed by atoms with Crippen LogP contribution in [0.1, 0.15) is 33.6 Å². The summed E-state index contributed by atoms with van der Waals surface area (Å²) in [5.74, 6) is -0.235. The molecule has 0 spiro atoms. The summed E-state index contributed by atoms with van der Waals surface area (Å²) < 4.78 is 21.3. The van der Waals surface area contributed by atoms with Gasteiger partial charge in [0.15, 0.2) is 0 Å². The fourth-order valence-corrected chi connectivity index (χ4v) is 1.81. The van der Waals surface area contributed by atoms with Gasteiger partial charge in [0.1, 0.15) is 12.1 Å². The van der Waals surface area contributed by atoms with Gasteiger partial charge in [0.25, 0.3) is 0 Å². The topological polar surface area (TPSA) is 112 Å². The number of amides is 2. The molecule has 0 saturated heterocycles. The number of hydrogen-bond donors (Lipinski definition) is 2. The summed E-state index contributed by atoms with van der Waals surface area (Å²) in [4.78, 5) is 24.8. The second-order valence-corrected chi connectivity index (χ2v) is 7.02. The van der Waals surface area contributed by atoms with Crippen LogP contribution in [0.4, 0.5) is 4.79 Å². The maximum atomic E-state index is 11.8. The Morgan fingerprint density at radius 2 is 1.44 bits per heavy atom. The summed E-state index contributed by atoms with van der Waals surface area (Å²) in [7, 11) is 1.53. The third kappa shape index (κ3) is 17.7. The quantitative estimate of drug-likeness (QED) is 0.396. The average Bonchev–Trinajstić information content (AvgIpc) is 2.57. The molecule has 0 aliphatic rings. The molecule has 0 aliphatic carbocycles. The van der Waals surface area contributed by atoms with Gasteiger partial charge in [0.05, 0.1) is 26.4 Å². The molecule has 160 valence electrons. The number of nitrogens with one attached hydrogen (secondary N) is 1. The first kappa shape index (κ1) is 25.6. The van der Waals surface area contributed by atoms with Crippen LogP contribution in [0.5, 0.6) is 0 Å². The number of ether oxygens (including phenoxy) is 4. The van der Waals surface area contributed by atoms with Crippen LogP contribution in [0.3, 0.4) is 0 Å². The van der Waals surface area contributed by atoms with E-state index in [1.807, 2.05) is 0 Å². The lowest BCUT2D eigenvalue weighted by Crippen LogP contribution is -2.41. The molecule has 0 radical (unpaired) electrons. The molecule has 2 amide bonds. The molecule has 0 aromatic rings. The zero-order valence-corrected chi connectivity index (χ0v) is 17.3. The molecule has 0 aromatic heterocycles. The number of likely N-dealkylation sites (N-methyl/N-ethyl adjacent to an activating group) is 1. The Labute approximate surface area is 162 Å². The highest BCUT2D eigenvalue weighted by Gasteiger charge is 2.20. The fraction of sp³-hybridized carbons (Fsp3) is 0.889. The van der Waals surface area contributed by atoms with Crippen molar-refractivity contribution in [3.05, 3.63) is 0 Å². The Morgan fingerprint density at radius 1 is 0.926 bits per heavy atom. The van der Waals surface area contributed by atoms with Gasteiger partial charge in [-0.2, -0.15) is 0 Å². The van der Waals surface area contributed by atoms with E-state index in [9.17, 15) is 9.59 Å². The van der Waals surface area contributed by atoms with Crippen LogP contribution in [0.25, 0.3) is 0 Å². The molecule has 0 bridgehead atoms. The van der Waals surface area contributed by atoms with Gasteiger partial charge in [-0.25, -0.2) is 4.79 Å². The van der Waals surface area contributed by atoms with Crippen molar-refractivity contribution >= 4 is 12.0 Å². The summed E-state index contributed by atoms with van der Waals surface area (Å²) in [5, 5.41) is 2.74. The third-order valence-corrected chi connectivity index (χ3v) is 3.11. The number of carbonyl (C=O) groups is 2. The number of nitrogens with zero attached hydrogens (tertiary/aromatic N) is 1. The number of rotatable bonds is 15. The second-order valence-electron chi connectivity index (χ2n) is 7.02. The van der Waals surface area contributed by atoms with Gasteiger partial charge >= 0.3 is 6.09 Å². The van der Waals surface area contributed by atoms with Crippen LogP contribution < -0.4 is 11.1 Å². The first-order valence-corrected chi connectivity index (χ1v) is 9.40. The fourth-order valence-electron chi connectivity index (χ4n) is 1.81. The van der Waals surface area contributed by atoms with Crippen molar-refractivity contribution in [1.29, 1.82) is 0 Å². The highest BCUT2D eigenvalue weighted by atomic mass is 16.6. The van der Waals surface area contributed by atoms with E-state index in [0.29, 0.717) is 59.2 Å². The van der Waals surface area contributed by atoms with Crippen molar-refractivity contribution in [2.24, 2.45) is 5.73 Å². The van der Waals surface area contributed by atoms with E-state index in [1.165, 1.54) is 11.9 Å². The Balaban J connectivity index is 3.47. The van der Waals surface area contributed by atoms with Crippen LogP contribution in [0, 0.1) is 0 Å². The molecular formula is C18H37N3O6. The van der Waals surface area contributed by atoms with Crippen molar-refractivity contribution < 1.29 is 28.5 Å². The highest BCUT2D eigenvalue weighted by Crippen LogP contribution is 2.08. The molecule has 9 heteroatoms. The van der Waals surface area contributed by atoms with Crippen molar-refractivity contribution in [3.63, 3.8) is 0 Å². The van der Waals surface area contributed by atoms with Gasteiger partial charge in [-0.05, 0) is 40.2 Å². The van der Waals surface area contributed by atoms with Crippen molar-refractivity contribution in [2.75, 3.05) is 66.3 Å². The summed E-state index contributed by atoms with van der Waals surface area (Å²) in [6, 6.07) is 0. The molecule has 3 N–H and O–H groups in total. The zero-order valence-electron chi connectivity index (χ0n) is 17.3. The molecule has 0 fully saturated rings. The standard InChI is InChI=1S/C18H37N3O6/c1-18(2,3)27-17(23)21(4)15-16(22)20-8-6-10-25-12-14-26-13-11-24-9-5-7-19/h5-15,19H2,1-4H3,(H,20,22). The Hall–Kier alpha value is -1.42. The number of nitrogens with two attached hydrogens (primary N) is 1. The van der Waals surface area contributed by atoms with Gasteiger partial charge in [-0.3, -0.25) is 4.79 Å². The van der Waals surface area contributed by atoms with Crippen molar-refractivity contribution in [2.45, 2.75) is 39.2 Å². The molecule has 0 unspecified atom stereocenters. The summed E-state index contributed by atoms with van der Waals surface area (Å²) in [6.45, 7) is 9.70. The van der Waals surface area contributed by atoms with E-state index >= 15 is 0 Å². The molecular weight excluding hydrogens is 354 g/mol. The predicted molar refractivity (Wildman–Crippen MR) is 103 cm³/mol.